The van der Waals surface area contributed by atoms with E-state index in [0.717, 1.165) is 24.3 Å². The summed E-state index contributed by atoms with van der Waals surface area (Å²) in [6.07, 6.45) is 2.78. The van der Waals surface area contributed by atoms with Crippen molar-refractivity contribution in [2.45, 2.75) is 19.8 Å². The Labute approximate surface area is 90.8 Å². The van der Waals surface area contributed by atoms with Crippen molar-refractivity contribution < 1.29 is 4.57 Å². The maximum atomic E-state index is 12.4. The first-order valence-corrected chi connectivity index (χ1v) is 7.54. The summed E-state index contributed by atoms with van der Waals surface area (Å²) in [6.45, 7) is 2.10. The first-order chi connectivity index (χ1) is 6.73. The molecule has 1 unspecified atom stereocenters. The summed E-state index contributed by atoms with van der Waals surface area (Å²) in [7, 11) is -2.30. The van der Waals surface area contributed by atoms with Crippen molar-refractivity contribution in [3.63, 3.8) is 0 Å². The van der Waals surface area contributed by atoms with Gasteiger partial charge in [0, 0.05) is 11.5 Å². The fourth-order valence-electron chi connectivity index (χ4n) is 1.37. The van der Waals surface area contributed by atoms with Gasteiger partial charge in [0.1, 0.15) is 7.14 Å². The van der Waals surface area contributed by atoms with Gasteiger partial charge in [-0.3, -0.25) is 0 Å². The molecule has 0 N–H and O–H groups in total. The van der Waals surface area contributed by atoms with E-state index in [1.54, 1.807) is 0 Å². The van der Waals surface area contributed by atoms with E-state index in [1.807, 2.05) is 30.3 Å². The molecule has 1 rings (SSSR count). The predicted octanol–water partition coefficient (Wildman–Crippen LogP) is 3.67. The summed E-state index contributed by atoms with van der Waals surface area (Å²) in [4.78, 5) is 0. The van der Waals surface area contributed by atoms with E-state index in [2.05, 4.69) is 6.92 Å². The predicted molar refractivity (Wildman–Crippen MR) is 64.2 cm³/mol. The van der Waals surface area contributed by atoms with Gasteiger partial charge in [0.15, 0.2) is 0 Å². The number of hydrogen-bond acceptors (Lipinski definition) is 1. The molecular formula is C11H16ClOP. The molecule has 0 bridgehead atoms. The molecule has 0 saturated heterocycles. The SMILES string of the molecule is CCCCP(=O)(CCl)c1ccccc1. The van der Waals surface area contributed by atoms with Gasteiger partial charge in [-0.1, -0.05) is 43.7 Å². The van der Waals surface area contributed by atoms with Gasteiger partial charge in [0.2, 0.25) is 0 Å². The van der Waals surface area contributed by atoms with E-state index < -0.39 is 7.14 Å². The number of alkyl halides is 1. The molecule has 3 heteroatoms. The number of benzene rings is 1. The molecule has 1 nitrogen and oxygen atoms in total. The molecule has 0 heterocycles. The van der Waals surface area contributed by atoms with Crippen LogP contribution in [0.3, 0.4) is 0 Å². The Hall–Kier alpha value is -0.260. The Morgan fingerprint density at radius 3 is 2.43 bits per heavy atom. The van der Waals surface area contributed by atoms with Crippen LogP contribution in [0, 0.1) is 0 Å². The lowest BCUT2D eigenvalue weighted by molar-refractivity contribution is 0.582. The molecule has 0 aliphatic rings. The van der Waals surface area contributed by atoms with Crippen LogP contribution in [0.5, 0.6) is 0 Å². The molecule has 1 aromatic carbocycles. The largest absolute Gasteiger partial charge is 0.317 e. The van der Waals surface area contributed by atoms with Gasteiger partial charge in [-0.15, -0.1) is 11.6 Å². The Balaban J connectivity index is 2.85. The molecule has 0 amide bonds. The molecule has 0 aromatic heterocycles. The smallest absolute Gasteiger partial charge is 0.129 e. The molecule has 1 aromatic rings. The highest BCUT2D eigenvalue weighted by Crippen LogP contribution is 2.46. The third kappa shape index (κ3) is 2.87. The Bertz CT molecular complexity index is 310. The molecule has 0 radical (unpaired) electrons. The summed E-state index contributed by atoms with van der Waals surface area (Å²) < 4.78 is 12.4. The van der Waals surface area contributed by atoms with Crippen molar-refractivity contribution in [1.82, 2.24) is 0 Å². The summed E-state index contributed by atoms with van der Waals surface area (Å²) in [5, 5.41) is 0.920. The van der Waals surface area contributed by atoms with Gasteiger partial charge in [-0.25, -0.2) is 0 Å². The van der Waals surface area contributed by atoms with Crippen LogP contribution in [0.25, 0.3) is 0 Å². The van der Waals surface area contributed by atoms with Crippen molar-refractivity contribution in [3.05, 3.63) is 30.3 Å². The van der Waals surface area contributed by atoms with Gasteiger partial charge in [0.25, 0.3) is 0 Å². The average molecular weight is 231 g/mol. The fourth-order valence-corrected chi connectivity index (χ4v) is 4.20. The average Bonchev–Trinajstić information content (AvgIpc) is 2.27. The van der Waals surface area contributed by atoms with Gasteiger partial charge in [-0.2, -0.15) is 0 Å². The first-order valence-electron chi connectivity index (χ1n) is 4.92. The lowest BCUT2D eigenvalue weighted by Gasteiger charge is -2.14. The van der Waals surface area contributed by atoms with Crippen LogP contribution in [0.15, 0.2) is 30.3 Å². The second kappa shape index (κ2) is 5.58. The molecule has 0 spiro atoms. The second-order valence-electron chi connectivity index (χ2n) is 3.42. The number of hydrogen-bond donors (Lipinski definition) is 0. The van der Waals surface area contributed by atoms with Crippen molar-refractivity contribution in [2.75, 3.05) is 11.8 Å². The molecule has 1 atom stereocenters. The first kappa shape index (κ1) is 11.8. The standard InChI is InChI=1S/C11H16ClOP/c1-2-3-9-14(13,10-12)11-7-5-4-6-8-11/h4-8H,2-3,9-10H2,1H3. The van der Waals surface area contributed by atoms with E-state index in [4.69, 9.17) is 11.6 Å². The van der Waals surface area contributed by atoms with Crippen LogP contribution < -0.4 is 5.30 Å². The third-order valence-corrected chi connectivity index (χ3v) is 6.12. The van der Waals surface area contributed by atoms with Crippen LogP contribution in [0.4, 0.5) is 0 Å². The fraction of sp³-hybridized carbons (Fsp3) is 0.455. The van der Waals surface area contributed by atoms with Gasteiger partial charge in [0.05, 0.1) is 5.62 Å². The molecule has 0 saturated carbocycles. The highest BCUT2D eigenvalue weighted by molar-refractivity contribution is 7.72. The van der Waals surface area contributed by atoms with Crippen molar-refractivity contribution in [3.8, 4) is 0 Å². The Morgan fingerprint density at radius 1 is 1.29 bits per heavy atom. The lowest BCUT2D eigenvalue weighted by atomic mass is 10.4. The Morgan fingerprint density at radius 2 is 1.93 bits per heavy atom. The number of unbranched alkanes of at least 4 members (excludes halogenated alkanes) is 1. The van der Waals surface area contributed by atoms with E-state index in [1.165, 1.54) is 0 Å². The lowest BCUT2D eigenvalue weighted by Crippen LogP contribution is -2.08. The number of halogens is 1. The summed E-state index contributed by atoms with van der Waals surface area (Å²) >= 11 is 5.82. The second-order valence-corrected chi connectivity index (χ2v) is 7.12. The monoisotopic (exact) mass is 230 g/mol. The van der Waals surface area contributed by atoms with Crippen molar-refractivity contribution in [2.24, 2.45) is 0 Å². The topological polar surface area (TPSA) is 17.1 Å². The van der Waals surface area contributed by atoms with Crippen LogP contribution in [0.2, 0.25) is 0 Å². The summed E-state index contributed by atoms with van der Waals surface area (Å²) in [5.41, 5.74) is 0.261. The highest BCUT2D eigenvalue weighted by Gasteiger charge is 2.22. The molecular weight excluding hydrogens is 215 g/mol. The zero-order valence-electron chi connectivity index (χ0n) is 8.45. The van der Waals surface area contributed by atoms with E-state index >= 15 is 0 Å². The van der Waals surface area contributed by atoms with Crippen LogP contribution in [-0.2, 0) is 4.57 Å². The molecule has 78 valence electrons. The zero-order chi connectivity index (χ0) is 10.4. The third-order valence-electron chi connectivity index (χ3n) is 2.29. The van der Waals surface area contributed by atoms with E-state index in [0.29, 0.717) is 0 Å². The van der Waals surface area contributed by atoms with Crippen molar-refractivity contribution >= 4 is 24.0 Å². The molecule has 0 fully saturated rings. The van der Waals surface area contributed by atoms with Gasteiger partial charge < -0.3 is 4.57 Å². The minimum atomic E-state index is -2.30. The molecule has 0 aliphatic heterocycles. The van der Waals surface area contributed by atoms with Crippen LogP contribution in [-0.4, -0.2) is 11.8 Å². The molecule has 0 aliphatic carbocycles. The van der Waals surface area contributed by atoms with Crippen molar-refractivity contribution in [1.29, 1.82) is 0 Å². The van der Waals surface area contributed by atoms with Gasteiger partial charge in [-0.05, 0) is 6.42 Å². The summed E-state index contributed by atoms with van der Waals surface area (Å²) in [5.74, 6) is 0. The molecule has 14 heavy (non-hydrogen) atoms. The summed E-state index contributed by atoms with van der Waals surface area (Å²) in [6, 6.07) is 9.60. The van der Waals surface area contributed by atoms with E-state index in [-0.39, 0.29) is 5.62 Å². The minimum Gasteiger partial charge on any atom is -0.317 e. The quantitative estimate of drug-likeness (QED) is 0.557. The number of rotatable bonds is 5. The maximum Gasteiger partial charge on any atom is 0.129 e. The zero-order valence-corrected chi connectivity index (χ0v) is 10.1. The van der Waals surface area contributed by atoms with Crippen LogP contribution in [0.1, 0.15) is 19.8 Å². The normalized spacial score (nSPS) is 15.0. The minimum absolute atomic E-state index is 0.261. The van der Waals surface area contributed by atoms with E-state index in [9.17, 15) is 4.57 Å². The van der Waals surface area contributed by atoms with Crippen LogP contribution >= 0.6 is 18.7 Å². The highest BCUT2D eigenvalue weighted by atomic mass is 35.5. The maximum absolute atomic E-state index is 12.4. The Kier molecular flexibility index (Phi) is 4.71. The van der Waals surface area contributed by atoms with Gasteiger partial charge >= 0.3 is 0 Å².